The molecule has 25 heavy (non-hydrogen) atoms. The van der Waals surface area contributed by atoms with E-state index in [-0.39, 0.29) is 5.82 Å². The lowest BCUT2D eigenvalue weighted by molar-refractivity contribution is 0.628. The van der Waals surface area contributed by atoms with Crippen molar-refractivity contribution in [3.63, 3.8) is 0 Å². The van der Waals surface area contributed by atoms with Crippen LogP contribution < -0.4 is 5.73 Å². The minimum atomic E-state index is -0.284. The molecule has 0 aliphatic heterocycles. The van der Waals surface area contributed by atoms with Crippen LogP contribution in [0.5, 0.6) is 0 Å². The molecule has 2 heterocycles. The number of pyridine rings is 1. The van der Waals surface area contributed by atoms with Crippen LogP contribution in [0.1, 0.15) is 0 Å². The van der Waals surface area contributed by atoms with Crippen LogP contribution in [0.25, 0.3) is 33.7 Å². The fourth-order valence-corrected chi connectivity index (χ4v) is 2.97. The Hall–Kier alpha value is -2.86. The molecule has 2 N–H and O–H groups in total. The third-order valence-electron chi connectivity index (χ3n) is 3.81. The maximum absolute atomic E-state index is 13.1. The molecule has 6 heteroatoms. The molecule has 0 saturated heterocycles. The number of rotatable bonds is 2. The Morgan fingerprint density at radius 3 is 2.40 bits per heavy atom. The molecular formula is C19H12BrFN4. The number of nitrogen functional groups attached to an aromatic ring is 1. The molecule has 0 atom stereocenters. The van der Waals surface area contributed by atoms with Gasteiger partial charge >= 0.3 is 0 Å². The van der Waals surface area contributed by atoms with E-state index in [9.17, 15) is 4.39 Å². The Kier molecular flexibility index (Phi) is 3.89. The number of nitrogens with zero attached hydrogens (tertiary/aromatic N) is 3. The highest BCUT2D eigenvalue weighted by molar-refractivity contribution is 9.10. The quantitative estimate of drug-likeness (QED) is 0.528. The number of hydrogen-bond donors (Lipinski definition) is 1. The number of halogens is 2. The monoisotopic (exact) mass is 394 g/mol. The first-order valence-corrected chi connectivity index (χ1v) is 8.35. The van der Waals surface area contributed by atoms with E-state index < -0.39 is 0 Å². The Morgan fingerprint density at radius 1 is 0.840 bits per heavy atom. The van der Waals surface area contributed by atoms with Gasteiger partial charge in [-0.2, -0.15) is 0 Å². The van der Waals surface area contributed by atoms with E-state index in [1.54, 1.807) is 12.1 Å². The van der Waals surface area contributed by atoms with Crippen molar-refractivity contribution < 1.29 is 4.39 Å². The van der Waals surface area contributed by atoms with E-state index in [1.807, 2.05) is 36.4 Å². The van der Waals surface area contributed by atoms with Crippen molar-refractivity contribution in [3.8, 4) is 22.6 Å². The molecule has 0 aliphatic carbocycles. The van der Waals surface area contributed by atoms with Gasteiger partial charge in [-0.15, -0.1) is 0 Å². The third-order valence-corrected chi connectivity index (χ3v) is 4.31. The molecule has 0 unspecified atom stereocenters. The van der Waals surface area contributed by atoms with Gasteiger partial charge in [-0.05, 0) is 48.5 Å². The first-order valence-electron chi connectivity index (χ1n) is 7.56. The van der Waals surface area contributed by atoms with E-state index in [1.165, 1.54) is 12.1 Å². The molecule has 4 nitrogen and oxygen atoms in total. The molecule has 0 aliphatic rings. The van der Waals surface area contributed by atoms with Crippen LogP contribution in [-0.4, -0.2) is 15.0 Å². The number of aromatic nitrogens is 3. The van der Waals surface area contributed by atoms with Crippen LogP contribution >= 0.6 is 15.9 Å². The molecule has 0 saturated carbocycles. The molecule has 4 rings (SSSR count). The molecule has 0 bridgehead atoms. The van der Waals surface area contributed by atoms with Crippen molar-refractivity contribution in [2.45, 2.75) is 0 Å². The summed E-state index contributed by atoms with van der Waals surface area (Å²) in [5.41, 5.74) is 8.95. The minimum Gasteiger partial charge on any atom is -0.383 e. The van der Waals surface area contributed by atoms with Crippen LogP contribution in [0, 0.1) is 5.82 Å². The predicted octanol–water partition coefficient (Wildman–Crippen LogP) is 4.84. The lowest BCUT2D eigenvalue weighted by Crippen LogP contribution is -2.00. The molecule has 0 radical (unpaired) electrons. The Morgan fingerprint density at radius 2 is 1.64 bits per heavy atom. The van der Waals surface area contributed by atoms with Crippen LogP contribution in [0.3, 0.4) is 0 Å². The second-order valence-corrected chi connectivity index (χ2v) is 6.43. The number of hydrogen-bond acceptors (Lipinski definition) is 4. The summed E-state index contributed by atoms with van der Waals surface area (Å²) in [7, 11) is 0. The maximum atomic E-state index is 13.1. The SMILES string of the molecule is Nc1nc(-c2cccc(Br)c2)nc2nc(-c3ccc(F)cc3)ccc12. The molecule has 0 spiro atoms. The van der Waals surface area contributed by atoms with E-state index in [0.717, 1.165) is 15.6 Å². The number of nitrogens with two attached hydrogens (primary N) is 1. The third kappa shape index (κ3) is 3.08. The number of fused-ring (bicyclic) bond motifs is 1. The maximum Gasteiger partial charge on any atom is 0.165 e. The summed E-state index contributed by atoms with van der Waals surface area (Å²) in [4.78, 5) is 13.5. The molecule has 4 aromatic rings. The Labute approximate surface area is 151 Å². The second kappa shape index (κ2) is 6.22. The van der Waals surface area contributed by atoms with Gasteiger partial charge in [0.05, 0.1) is 11.1 Å². The van der Waals surface area contributed by atoms with Gasteiger partial charge in [0.25, 0.3) is 0 Å². The minimum absolute atomic E-state index is 0.284. The van der Waals surface area contributed by atoms with Crippen molar-refractivity contribution >= 4 is 32.8 Å². The van der Waals surface area contributed by atoms with Gasteiger partial charge in [0.15, 0.2) is 11.5 Å². The molecule has 2 aromatic carbocycles. The highest BCUT2D eigenvalue weighted by Gasteiger charge is 2.10. The zero-order chi connectivity index (χ0) is 17.4. The smallest absolute Gasteiger partial charge is 0.165 e. The number of benzene rings is 2. The molecule has 0 amide bonds. The first-order chi connectivity index (χ1) is 12.1. The fourth-order valence-electron chi connectivity index (χ4n) is 2.57. The van der Waals surface area contributed by atoms with E-state index in [0.29, 0.717) is 28.4 Å². The van der Waals surface area contributed by atoms with E-state index in [2.05, 4.69) is 30.9 Å². The Balaban J connectivity index is 1.87. The number of anilines is 1. The fraction of sp³-hybridized carbons (Fsp3) is 0. The summed E-state index contributed by atoms with van der Waals surface area (Å²) < 4.78 is 14.1. The van der Waals surface area contributed by atoms with Gasteiger partial charge in [0.1, 0.15) is 11.6 Å². The van der Waals surface area contributed by atoms with Crippen molar-refractivity contribution in [3.05, 3.63) is 71.0 Å². The van der Waals surface area contributed by atoms with Crippen molar-refractivity contribution in [1.82, 2.24) is 15.0 Å². The molecule has 2 aromatic heterocycles. The highest BCUT2D eigenvalue weighted by Crippen LogP contribution is 2.26. The van der Waals surface area contributed by atoms with Crippen LogP contribution in [0.15, 0.2) is 65.1 Å². The van der Waals surface area contributed by atoms with Crippen LogP contribution in [-0.2, 0) is 0 Å². The van der Waals surface area contributed by atoms with Crippen molar-refractivity contribution in [2.75, 3.05) is 5.73 Å². The average Bonchev–Trinajstić information content (AvgIpc) is 2.62. The van der Waals surface area contributed by atoms with Gasteiger partial charge < -0.3 is 5.73 Å². The average molecular weight is 395 g/mol. The first kappa shape index (κ1) is 15.7. The summed E-state index contributed by atoms with van der Waals surface area (Å²) in [6.07, 6.45) is 0. The van der Waals surface area contributed by atoms with Gasteiger partial charge in [0, 0.05) is 15.6 Å². The summed E-state index contributed by atoms with van der Waals surface area (Å²) in [5.74, 6) is 0.598. The summed E-state index contributed by atoms with van der Waals surface area (Å²) in [5, 5.41) is 0.685. The molecule has 122 valence electrons. The summed E-state index contributed by atoms with van der Waals surface area (Å²) in [6.45, 7) is 0. The Bertz CT molecular complexity index is 1080. The van der Waals surface area contributed by atoms with Crippen molar-refractivity contribution in [1.29, 1.82) is 0 Å². The second-order valence-electron chi connectivity index (χ2n) is 5.52. The van der Waals surface area contributed by atoms with Crippen LogP contribution in [0.2, 0.25) is 0 Å². The van der Waals surface area contributed by atoms with Gasteiger partial charge in [-0.3, -0.25) is 0 Å². The summed E-state index contributed by atoms with van der Waals surface area (Å²) in [6, 6.07) is 17.5. The zero-order valence-corrected chi connectivity index (χ0v) is 14.5. The highest BCUT2D eigenvalue weighted by atomic mass is 79.9. The van der Waals surface area contributed by atoms with Crippen molar-refractivity contribution in [2.24, 2.45) is 0 Å². The zero-order valence-electron chi connectivity index (χ0n) is 12.9. The normalized spacial score (nSPS) is 11.0. The van der Waals surface area contributed by atoms with Gasteiger partial charge in [-0.25, -0.2) is 19.3 Å². The topological polar surface area (TPSA) is 64.7 Å². The van der Waals surface area contributed by atoms with Gasteiger partial charge in [-0.1, -0.05) is 28.1 Å². The molecular weight excluding hydrogens is 383 g/mol. The standard InChI is InChI=1S/C19H12BrFN4/c20-13-3-1-2-12(10-13)18-24-17(22)15-8-9-16(23-19(15)25-18)11-4-6-14(21)7-5-11/h1-10H,(H2,22,23,24,25). The largest absolute Gasteiger partial charge is 0.383 e. The van der Waals surface area contributed by atoms with E-state index >= 15 is 0 Å². The van der Waals surface area contributed by atoms with E-state index in [4.69, 9.17) is 5.73 Å². The lowest BCUT2D eigenvalue weighted by atomic mass is 10.1. The van der Waals surface area contributed by atoms with Gasteiger partial charge in [0.2, 0.25) is 0 Å². The lowest BCUT2D eigenvalue weighted by Gasteiger charge is -2.07. The summed E-state index contributed by atoms with van der Waals surface area (Å²) >= 11 is 3.44. The predicted molar refractivity (Wildman–Crippen MR) is 100 cm³/mol. The molecule has 0 fully saturated rings. The van der Waals surface area contributed by atoms with Crippen LogP contribution in [0.4, 0.5) is 10.2 Å².